The first kappa shape index (κ1) is 15.8. The second kappa shape index (κ2) is 6.43. The number of nitrogens with one attached hydrogen (secondary N) is 1. The number of carboxylic acid groups (broad SMARTS) is 1. The van der Waals surface area contributed by atoms with Crippen LogP contribution in [0.15, 0.2) is 28.8 Å². The molecule has 0 saturated heterocycles. The lowest BCUT2D eigenvalue weighted by molar-refractivity contribution is -0.122. The Kier molecular flexibility index (Phi) is 4.60. The lowest BCUT2D eigenvalue weighted by Gasteiger charge is -2.12. The van der Waals surface area contributed by atoms with Gasteiger partial charge in [-0.15, -0.1) is 0 Å². The van der Waals surface area contributed by atoms with Gasteiger partial charge >= 0.3 is 5.97 Å². The van der Waals surface area contributed by atoms with Crippen LogP contribution in [-0.4, -0.2) is 22.1 Å². The van der Waals surface area contributed by atoms with E-state index in [1.54, 1.807) is 39.0 Å². The van der Waals surface area contributed by atoms with Crippen molar-refractivity contribution in [3.05, 3.63) is 52.4 Å². The van der Waals surface area contributed by atoms with Crippen LogP contribution >= 0.6 is 0 Å². The average molecular weight is 302 g/mol. The van der Waals surface area contributed by atoms with Crippen molar-refractivity contribution >= 4 is 11.9 Å². The summed E-state index contributed by atoms with van der Waals surface area (Å²) < 4.78 is 5.08. The predicted octanol–water partition coefficient (Wildman–Crippen LogP) is 2.41. The number of carbonyl (C=O) groups excluding carboxylic acids is 1. The van der Waals surface area contributed by atoms with Gasteiger partial charge in [-0.2, -0.15) is 0 Å². The number of hydrogen-bond donors (Lipinski definition) is 2. The van der Waals surface area contributed by atoms with Crippen molar-refractivity contribution in [1.29, 1.82) is 0 Å². The van der Waals surface area contributed by atoms with Gasteiger partial charge in [-0.3, -0.25) is 4.79 Å². The Bertz CT molecular complexity index is 686. The standard InChI is InChI=1S/C16H18N2O4/c1-9(14-10(2)18-22-11(14)3)15(19)17-8-12-5-4-6-13(7-12)16(20)21/h4-7,9H,8H2,1-3H3,(H,17,19)(H,20,21). The van der Waals surface area contributed by atoms with Crippen LogP contribution < -0.4 is 5.32 Å². The molecule has 0 radical (unpaired) electrons. The first-order valence-electron chi connectivity index (χ1n) is 6.93. The van der Waals surface area contributed by atoms with E-state index in [9.17, 15) is 9.59 Å². The zero-order valence-corrected chi connectivity index (χ0v) is 12.7. The molecule has 1 unspecified atom stereocenters. The molecule has 1 aromatic heterocycles. The SMILES string of the molecule is Cc1noc(C)c1C(C)C(=O)NCc1cccc(C(=O)O)c1. The quantitative estimate of drug-likeness (QED) is 0.884. The number of nitrogens with zero attached hydrogens (tertiary/aromatic N) is 1. The Morgan fingerprint density at radius 3 is 2.68 bits per heavy atom. The van der Waals surface area contributed by atoms with Gasteiger partial charge in [0.2, 0.25) is 5.91 Å². The molecular formula is C16H18N2O4. The van der Waals surface area contributed by atoms with Gasteiger partial charge in [0, 0.05) is 12.1 Å². The molecule has 1 aromatic carbocycles. The summed E-state index contributed by atoms with van der Waals surface area (Å²) in [4.78, 5) is 23.2. The van der Waals surface area contributed by atoms with Gasteiger partial charge in [0.1, 0.15) is 5.76 Å². The van der Waals surface area contributed by atoms with Crippen molar-refractivity contribution < 1.29 is 19.2 Å². The number of aromatic nitrogens is 1. The highest BCUT2D eigenvalue weighted by atomic mass is 16.5. The van der Waals surface area contributed by atoms with Crippen molar-refractivity contribution in [1.82, 2.24) is 10.5 Å². The molecule has 116 valence electrons. The second-order valence-corrected chi connectivity index (χ2v) is 5.18. The molecule has 0 bridgehead atoms. The molecule has 0 spiro atoms. The van der Waals surface area contributed by atoms with E-state index in [0.29, 0.717) is 11.5 Å². The predicted molar refractivity (Wildman–Crippen MR) is 79.6 cm³/mol. The van der Waals surface area contributed by atoms with Gasteiger partial charge < -0.3 is 14.9 Å². The van der Waals surface area contributed by atoms with Crippen LogP contribution in [0, 0.1) is 13.8 Å². The van der Waals surface area contributed by atoms with E-state index in [2.05, 4.69) is 10.5 Å². The van der Waals surface area contributed by atoms with Crippen molar-refractivity contribution in [2.24, 2.45) is 0 Å². The maximum absolute atomic E-state index is 12.2. The molecule has 6 nitrogen and oxygen atoms in total. The van der Waals surface area contributed by atoms with Crippen molar-refractivity contribution in [3.8, 4) is 0 Å². The molecule has 2 N–H and O–H groups in total. The summed E-state index contributed by atoms with van der Waals surface area (Å²) in [5.41, 5.74) is 2.43. The lowest BCUT2D eigenvalue weighted by Crippen LogP contribution is -2.28. The van der Waals surface area contributed by atoms with Gasteiger partial charge in [0.25, 0.3) is 0 Å². The summed E-state index contributed by atoms with van der Waals surface area (Å²) in [6, 6.07) is 6.49. The zero-order chi connectivity index (χ0) is 16.3. The smallest absolute Gasteiger partial charge is 0.335 e. The van der Waals surface area contributed by atoms with E-state index in [-0.39, 0.29) is 23.9 Å². The fourth-order valence-electron chi connectivity index (χ4n) is 2.40. The molecule has 2 aromatic rings. The normalized spacial score (nSPS) is 12.0. The molecule has 0 aliphatic rings. The number of hydrogen-bond acceptors (Lipinski definition) is 4. The first-order chi connectivity index (χ1) is 10.4. The highest BCUT2D eigenvalue weighted by Gasteiger charge is 2.22. The third-order valence-corrected chi connectivity index (χ3v) is 3.56. The van der Waals surface area contributed by atoms with Gasteiger partial charge in [0.15, 0.2) is 0 Å². The van der Waals surface area contributed by atoms with Crippen LogP contribution in [0.25, 0.3) is 0 Å². The Morgan fingerprint density at radius 1 is 1.36 bits per heavy atom. The fourth-order valence-corrected chi connectivity index (χ4v) is 2.40. The molecule has 1 heterocycles. The number of benzene rings is 1. The molecule has 1 amide bonds. The highest BCUT2D eigenvalue weighted by molar-refractivity contribution is 5.88. The van der Waals surface area contributed by atoms with Crippen LogP contribution in [0.5, 0.6) is 0 Å². The number of carboxylic acids is 1. The Morgan fingerprint density at radius 2 is 2.09 bits per heavy atom. The molecule has 2 rings (SSSR count). The lowest BCUT2D eigenvalue weighted by atomic mass is 9.98. The Balaban J connectivity index is 2.04. The summed E-state index contributed by atoms with van der Waals surface area (Å²) in [7, 11) is 0. The highest BCUT2D eigenvalue weighted by Crippen LogP contribution is 2.23. The van der Waals surface area contributed by atoms with Crippen LogP contribution in [0.4, 0.5) is 0 Å². The monoisotopic (exact) mass is 302 g/mol. The third-order valence-electron chi connectivity index (χ3n) is 3.56. The maximum atomic E-state index is 12.2. The topological polar surface area (TPSA) is 92.4 Å². The van der Waals surface area contributed by atoms with Gasteiger partial charge in [-0.05, 0) is 38.5 Å². The van der Waals surface area contributed by atoms with Crippen molar-refractivity contribution in [2.45, 2.75) is 33.2 Å². The molecule has 0 aliphatic heterocycles. The number of aromatic carboxylic acids is 1. The third kappa shape index (κ3) is 3.33. The minimum Gasteiger partial charge on any atom is -0.478 e. The van der Waals surface area contributed by atoms with Gasteiger partial charge in [0.05, 0.1) is 17.2 Å². The van der Waals surface area contributed by atoms with E-state index < -0.39 is 5.97 Å². The molecular weight excluding hydrogens is 284 g/mol. The molecule has 1 atom stereocenters. The molecule has 22 heavy (non-hydrogen) atoms. The minimum atomic E-state index is -0.989. The van der Waals surface area contributed by atoms with Crippen LogP contribution in [0.1, 0.15) is 45.8 Å². The summed E-state index contributed by atoms with van der Waals surface area (Å²) in [5.74, 6) is -0.894. The largest absolute Gasteiger partial charge is 0.478 e. The summed E-state index contributed by atoms with van der Waals surface area (Å²) in [6.45, 7) is 5.63. The van der Waals surface area contributed by atoms with Crippen molar-refractivity contribution in [2.75, 3.05) is 0 Å². The molecule has 6 heteroatoms. The van der Waals surface area contributed by atoms with E-state index >= 15 is 0 Å². The van der Waals surface area contributed by atoms with Crippen LogP contribution in [-0.2, 0) is 11.3 Å². The number of aryl methyl sites for hydroxylation is 2. The average Bonchev–Trinajstić information content (AvgIpc) is 2.83. The Labute approximate surface area is 128 Å². The van der Waals surface area contributed by atoms with E-state index in [1.807, 2.05) is 0 Å². The number of rotatable bonds is 5. The van der Waals surface area contributed by atoms with Gasteiger partial charge in [-0.1, -0.05) is 17.3 Å². The summed E-state index contributed by atoms with van der Waals surface area (Å²) in [6.07, 6.45) is 0. The molecule has 0 aliphatic carbocycles. The second-order valence-electron chi connectivity index (χ2n) is 5.18. The van der Waals surface area contributed by atoms with E-state index in [0.717, 1.165) is 11.1 Å². The minimum absolute atomic E-state index is 0.157. The van der Waals surface area contributed by atoms with E-state index in [4.69, 9.17) is 9.63 Å². The first-order valence-corrected chi connectivity index (χ1v) is 6.93. The van der Waals surface area contributed by atoms with Crippen molar-refractivity contribution in [3.63, 3.8) is 0 Å². The zero-order valence-electron chi connectivity index (χ0n) is 12.7. The van der Waals surface area contributed by atoms with Crippen LogP contribution in [0.2, 0.25) is 0 Å². The summed E-state index contributed by atoms with van der Waals surface area (Å²) >= 11 is 0. The number of carbonyl (C=O) groups is 2. The molecule has 0 saturated carbocycles. The van der Waals surface area contributed by atoms with Gasteiger partial charge in [-0.25, -0.2) is 4.79 Å². The summed E-state index contributed by atoms with van der Waals surface area (Å²) in [5, 5.41) is 15.6. The van der Waals surface area contributed by atoms with E-state index in [1.165, 1.54) is 6.07 Å². The Hall–Kier alpha value is -2.63. The number of amides is 1. The maximum Gasteiger partial charge on any atom is 0.335 e. The van der Waals surface area contributed by atoms with Crippen LogP contribution in [0.3, 0.4) is 0 Å². The molecule has 0 fully saturated rings. The fraction of sp³-hybridized carbons (Fsp3) is 0.312.